The molecule has 4 unspecified atom stereocenters. The molecule has 1 aromatic carbocycles. The quantitative estimate of drug-likeness (QED) is 0.0993. The summed E-state index contributed by atoms with van der Waals surface area (Å²) < 4.78 is 0. The SMILES string of the molecule is CSCCC(NC(=O)C(CCCCN)NC(=O)C(N)CCC(=O)O)C(=O)NC(Cc1ccc(O)cc1)C(=O)O. The van der Waals surface area contributed by atoms with Crippen LogP contribution in [0.5, 0.6) is 5.75 Å². The van der Waals surface area contributed by atoms with Gasteiger partial charge in [0.2, 0.25) is 17.7 Å². The highest BCUT2D eigenvalue weighted by atomic mass is 32.2. The summed E-state index contributed by atoms with van der Waals surface area (Å²) in [5, 5.41) is 35.5. The molecule has 0 fully saturated rings. The zero-order valence-electron chi connectivity index (χ0n) is 21.9. The molecule has 0 spiro atoms. The molecule has 1 rings (SSSR count). The number of aliphatic carboxylic acids is 2. The van der Waals surface area contributed by atoms with Gasteiger partial charge in [0.25, 0.3) is 0 Å². The molecule has 0 radical (unpaired) electrons. The number of benzene rings is 1. The van der Waals surface area contributed by atoms with Gasteiger partial charge in [0, 0.05) is 12.8 Å². The number of amides is 3. The molecule has 0 bridgehead atoms. The number of aromatic hydroxyl groups is 1. The first kappa shape index (κ1) is 33.7. The maximum absolute atomic E-state index is 13.2. The van der Waals surface area contributed by atoms with Crippen molar-refractivity contribution < 1.29 is 39.3 Å². The Balaban J connectivity index is 2.98. The Bertz CT molecular complexity index is 962. The Morgan fingerprint density at radius 3 is 1.95 bits per heavy atom. The Kier molecular flexibility index (Phi) is 15.6. The highest BCUT2D eigenvalue weighted by Crippen LogP contribution is 2.12. The van der Waals surface area contributed by atoms with E-state index < -0.39 is 53.8 Å². The third-order valence-corrected chi connectivity index (χ3v) is 6.46. The van der Waals surface area contributed by atoms with Crippen LogP contribution in [0, 0.1) is 0 Å². The Labute approximate surface area is 231 Å². The van der Waals surface area contributed by atoms with Gasteiger partial charge in [-0.15, -0.1) is 0 Å². The van der Waals surface area contributed by atoms with Crippen LogP contribution in [0.25, 0.3) is 0 Å². The Morgan fingerprint density at radius 1 is 0.846 bits per heavy atom. The smallest absolute Gasteiger partial charge is 0.326 e. The maximum Gasteiger partial charge on any atom is 0.326 e. The number of carbonyl (C=O) groups is 5. The number of nitrogens with two attached hydrogens (primary N) is 2. The van der Waals surface area contributed by atoms with Crippen molar-refractivity contribution in [2.75, 3.05) is 18.6 Å². The predicted octanol–water partition coefficient (Wildman–Crippen LogP) is -0.452. The summed E-state index contributed by atoms with van der Waals surface area (Å²) in [5.41, 5.74) is 11.9. The standard InChI is InChI=1S/C25H39N5O8S/c1-39-13-11-19(24(36)30-20(25(37)38)14-15-5-7-16(31)8-6-15)29-23(35)18(4-2-3-12-26)28-22(34)17(27)9-10-21(32)33/h5-8,17-20,31H,2-4,9-14,26-27H2,1H3,(H,28,34)(H,29,35)(H,30,36)(H,32,33)(H,37,38). The van der Waals surface area contributed by atoms with E-state index in [1.54, 1.807) is 12.1 Å². The minimum absolute atomic E-state index is 0.0189. The Hall–Kier alpha value is -3.36. The topological polar surface area (TPSA) is 234 Å². The second-order valence-corrected chi connectivity index (χ2v) is 9.98. The lowest BCUT2D eigenvalue weighted by atomic mass is 10.0. The largest absolute Gasteiger partial charge is 0.508 e. The van der Waals surface area contributed by atoms with Gasteiger partial charge in [-0.3, -0.25) is 19.2 Å². The fraction of sp³-hybridized carbons (Fsp3) is 0.560. The average molecular weight is 570 g/mol. The van der Waals surface area contributed by atoms with E-state index in [4.69, 9.17) is 16.6 Å². The first-order valence-electron chi connectivity index (χ1n) is 12.6. The van der Waals surface area contributed by atoms with Crippen LogP contribution in [0.15, 0.2) is 24.3 Å². The Morgan fingerprint density at radius 2 is 1.41 bits per heavy atom. The number of hydrogen-bond acceptors (Lipinski definition) is 9. The van der Waals surface area contributed by atoms with Crippen LogP contribution < -0.4 is 27.4 Å². The van der Waals surface area contributed by atoms with Gasteiger partial charge in [-0.1, -0.05) is 12.1 Å². The van der Waals surface area contributed by atoms with Gasteiger partial charge in [0.1, 0.15) is 23.9 Å². The van der Waals surface area contributed by atoms with Crippen molar-refractivity contribution in [2.45, 2.75) is 69.1 Å². The van der Waals surface area contributed by atoms with E-state index in [0.717, 1.165) is 0 Å². The first-order valence-corrected chi connectivity index (χ1v) is 14.0. The third-order valence-electron chi connectivity index (χ3n) is 5.82. The summed E-state index contributed by atoms with van der Waals surface area (Å²) in [7, 11) is 0. The fourth-order valence-electron chi connectivity index (χ4n) is 3.57. The minimum atomic E-state index is -1.29. The number of hydrogen-bond donors (Lipinski definition) is 8. The zero-order valence-corrected chi connectivity index (χ0v) is 22.7. The lowest BCUT2D eigenvalue weighted by Gasteiger charge is -2.25. The van der Waals surface area contributed by atoms with Gasteiger partial charge < -0.3 is 42.7 Å². The first-order chi connectivity index (χ1) is 18.5. The molecule has 0 aliphatic carbocycles. The summed E-state index contributed by atoms with van der Waals surface area (Å²) in [6, 6.07) is 1.33. The molecular formula is C25H39N5O8S. The second kappa shape index (κ2) is 18.0. The number of rotatable bonds is 19. The van der Waals surface area contributed by atoms with Gasteiger partial charge in [-0.05, 0) is 68.4 Å². The van der Waals surface area contributed by atoms with E-state index in [-0.39, 0.29) is 37.9 Å². The van der Waals surface area contributed by atoms with Crippen molar-refractivity contribution in [3.8, 4) is 5.75 Å². The van der Waals surface area contributed by atoms with Crippen LogP contribution in [-0.4, -0.2) is 87.7 Å². The second-order valence-electron chi connectivity index (χ2n) is 9.00. The van der Waals surface area contributed by atoms with Crippen LogP contribution in [0.4, 0.5) is 0 Å². The van der Waals surface area contributed by atoms with Crippen molar-refractivity contribution in [2.24, 2.45) is 11.5 Å². The number of nitrogens with one attached hydrogen (secondary N) is 3. The van der Waals surface area contributed by atoms with Crippen molar-refractivity contribution in [1.29, 1.82) is 0 Å². The van der Waals surface area contributed by atoms with E-state index >= 15 is 0 Å². The molecule has 0 aromatic heterocycles. The van der Waals surface area contributed by atoms with Crippen LogP contribution >= 0.6 is 11.8 Å². The molecule has 218 valence electrons. The molecule has 0 heterocycles. The summed E-state index contributed by atoms with van der Waals surface area (Å²) in [4.78, 5) is 61.4. The lowest BCUT2D eigenvalue weighted by Crippen LogP contribution is -2.57. The highest BCUT2D eigenvalue weighted by molar-refractivity contribution is 7.98. The molecule has 3 amide bonds. The summed E-state index contributed by atoms with van der Waals surface area (Å²) in [6.45, 7) is 0.372. The van der Waals surface area contributed by atoms with Gasteiger partial charge in [0.15, 0.2) is 0 Å². The van der Waals surface area contributed by atoms with E-state index in [9.17, 15) is 34.2 Å². The van der Waals surface area contributed by atoms with Crippen LogP contribution in [-0.2, 0) is 30.4 Å². The number of carboxylic acid groups (broad SMARTS) is 2. The van der Waals surface area contributed by atoms with Crippen molar-refractivity contribution in [1.82, 2.24) is 16.0 Å². The molecule has 14 heteroatoms. The number of phenolic OH excluding ortho intramolecular Hbond substituents is 1. The van der Waals surface area contributed by atoms with Crippen molar-refractivity contribution in [3.63, 3.8) is 0 Å². The molecular weight excluding hydrogens is 530 g/mol. The average Bonchev–Trinajstić information content (AvgIpc) is 2.89. The van der Waals surface area contributed by atoms with Crippen LogP contribution in [0.3, 0.4) is 0 Å². The number of thioether (sulfide) groups is 1. The van der Waals surface area contributed by atoms with Crippen molar-refractivity contribution >= 4 is 41.4 Å². The number of carbonyl (C=O) groups excluding carboxylic acids is 3. The normalized spacial score (nSPS) is 13.9. The molecule has 0 saturated heterocycles. The number of carboxylic acids is 2. The summed E-state index contributed by atoms with van der Waals surface area (Å²) in [5.74, 6) is -3.93. The van der Waals surface area contributed by atoms with Gasteiger partial charge in [0.05, 0.1) is 6.04 Å². The van der Waals surface area contributed by atoms with E-state index in [0.29, 0.717) is 30.7 Å². The predicted molar refractivity (Wildman–Crippen MR) is 146 cm³/mol. The van der Waals surface area contributed by atoms with Gasteiger partial charge >= 0.3 is 11.9 Å². The molecule has 13 nitrogen and oxygen atoms in total. The molecule has 0 aliphatic heterocycles. The fourth-order valence-corrected chi connectivity index (χ4v) is 4.04. The molecule has 4 atom stereocenters. The molecule has 0 aliphatic rings. The van der Waals surface area contributed by atoms with E-state index in [1.165, 1.54) is 23.9 Å². The summed E-state index contributed by atoms with van der Waals surface area (Å²) >= 11 is 1.43. The van der Waals surface area contributed by atoms with Crippen LogP contribution in [0.2, 0.25) is 0 Å². The minimum Gasteiger partial charge on any atom is -0.508 e. The molecule has 39 heavy (non-hydrogen) atoms. The third kappa shape index (κ3) is 13.3. The maximum atomic E-state index is 13.2. The molecule has 0 saturated carbocycles. The van der Waals surface area contributed by atoms with E-state index in [2.05, 4.69) is 16.0 Å². The zero-order chi connectivity index (χ0) is 29.4. The lowest BCUT2D eigenvalue weighted by molar-refractivity contribution is -0.142. The number of phenols is 1. The van der Waals surface area contributed by atoms with Gasteiger partial charge in [-0.2, -0.15) is 11.8 Å². The number of unbranched alkanes of at least 4 members (excludes halogenated alkanes) is 1. The molecule has 10 N–H and O–H groups in total. The molecule has 1 aromatic rings. The van der Waals surface area contributed by atoms with E-state index in [1.807, 2.05) is 6.26 Å². The van der Waals surface area contributed by atoms with Crippen molar-refractivity contribution in [3.05, 3.63) is 29.8 Å². The summed E-state index contributed by atoms with van der Waals surface area (Å²) in [6.07, 6.45) is 2.82. The monoisotopic (exact) mass is 569 g/mol. The highest BCUT2D eigenvalue weighted by Gasteiger charge is 2.30. The van der Waals surface area contributed by atoms with Crippen LogP contribution in [0.1, 0.15) is 44.1 Å². The van der Waals surface area contributed by atoms with Gasteiger partial charge in [-0.25, -0.2) is 4.79 Å².